The smallest absolute Gasteiger partial charge is 0.358 e. The second-order valence-electron chi connectivity index (χ2n) is 3.92. The average Bonchev–Trinajstić information content (AvgIpc) is 2.45. The molecule has 0 amide bonds. The third kappa shape index (κ3) is 3.00. The number of ether oxygens (including phenoxy) is 1. The van der Waals surface area contributed by atoms with Crippen molar-refractivity contribution in [2.75, 3.05) is 7.11 Å². The van der Waals surface area contributed by atoms with Crippen molar-refractivity contribution in [3.63, 3.8) is 0 Å². The molecule has 1 aromatic heterocycles. The van der Waals surface area contributed by atoms with Gasteiger partial charge in [-0.25, -0.2) is 9.48 Å². The molecule has 0 spiro atoms. The normalized spacial score (nSPS) is 10.3. The minimum Gasteiger partial charge on any atom is -0.464 e. The van der Waals surface area contributed by atoms with E-state index >= 15 is 0 Å². The molecule has 5 nitrogen and oxygen atoms in total. The van der Waals surface area contributed by atoms with E-state index in [1.807, 2.05) is 0 Å². The number of hydrogen-bond donors (Lipinski definition) is 0. The molecule has 0 aliphatic heterocycles. The zero-order valence-electron chi connectivity index (χ0n) is 10.5. The van der Waals surface area contributed by atoms with E-state index in [-0.39, 0.29) is 17.8 Å². The maximum Gasteiger partial charge on any atom is 0.358 e. The molecule has 0 aliphatic carbocycles. The van der Waals surface area contributed by atoms with Crippen molar-refractivity contribution >= 4 is 29.2 Å². The minimum absolute atomic E-state index is 0.0465. The molecule has 0 fully saturated rings. The number of carbonyl (C=O) groups excluding carboxylic acids is 1. The number of carbonyl (C=O) groups is 1. The minimum atomic E-state index is -0.615. The summed E-state index contributed by atoms with van der Waals surface area (Å²) in [5, 5.41) is 4.68. The van der Waals surface area contributed by atoms with Crippen LogP contribution in [0, 0.1) is 0 Å². The third-order valence-corrected chi connectivity index (χ3v) is 3.47. The molecule has 1 aromatic carbocycles. The van der Waals surface area contributed by atoms with Gasteiger partial charge in [0.2, 0.25) is 0 Å². The predicted molar refractivity (Wildman–Crippen MR) is 75.4 cm³/mol. The van der Waals surface area contributed by atoms with Gasteiger partial charge in [0, 0.05) is 6.07 Å². The van der Waals surface area contributed by atoms with E-state index in [4.69, 9.17) is 23.2 Å². The summed E-state index contributed by atoms with van der Waals surface area (Å²) >= 11 is 12.0. The first-order valence-electron chi connectivity index (χ1n) is 5.62. The Balaban J connectivity index is 2.40. The molecular weight excluding hydrogens is 303 g/mol. The Morgan fingerprint density at radius 1 is 1.30 bits per heavy atom. The fraction of sp³-hybridized carbons (Fsp3) is 0.154. The van der Waals surface area contributed by atoms with E-state index < -0.39 is 5.97 Å². The van der Waals surface area contributed by atoms with Crippen LogP contribution < -0.4 is 5.56 Å². The van der Waals surface area contributed by atoms with Crippen molar-refractivity contribution in [2.45, 2.75) is 6.54 Å². The lowest BCUT2D eigenvalue weighted by atomic mass is 10.2. The molecule has 7 heteroatoms. The van der Waals surface area contributed by atoms with Gasteiger partial charge in [0.05, 0.1) is 23.7 Å². The van der Waals surface area contributed by atoms with Gasteiger partial charge >= 0.3 is 5.97 Å². The fourth-order valence-corrected chi connectivity index (χ4v) is 1.99. The van der Waals surface area contributed by atoms with Gasteiger partial charge in [-0.05, 0) is 17.7 Å². The summed E-state index contributed by atoms with van der Waals surface area (Å²) in [6.45, 7) is 0.114. The van der Waals surface area contributed by atoms with Gasteiger partial charge in [0.25, 0.3) is 5.56 Å². The van der Waals surface area contributed by atoms with Gasteiger partial charge in [0.1, 0.15) is 0 Å². The number of nitrogens with zero attached hydrogens (tertiary/aromatic N) is 2. The first kappa shape index (κ1) is 14.6. The summed E-state index contributed by atoms with van der Waals surface area (Å²) in [4.78, 5) is 23.2. The van der Waals surface area contributed by atoms with Gasteiger partial charge in [-0.2, -0.15) is 5.10 Å². The van der Waals surface area contributed by atoms with Crippen LogP contribution in [-0.4, -0.2) is 22.9 Å². The molecule has 2 rings (SSSR count). The molecule has 20 heavy (non-hydrogen) atoms. The molecule has 0 atom stereocenters. The Morgan fingerprint density at radius 2 is 2.05 bits per heavy atom. The van der Waals surface area contributed by atoms with E-state index in [2.05, 4.69) is 9.84 Å². The number of methoxy groups -OCH3 is 1. The zero-order chi connectivity index (χ0) is 14.7. The molecular formula is C13H10Cl2N2O3. The number of halogens is 2. The monoisotopic (exact) mass is 312 g/mol. The zero-order valence-corrected chi connectivity index (χ0v) is 12.0. The molecule has 2 aromatic rings. The molecule has 0 saturated carbocycles. The largest absolute Gasteiger partial charge is 0.464 e. The molecule has 0 bridgehead atoms. The van der Waals surface area contributed by atoms with Crippen molar-refractivity contribution in [3.8, 4) is 0 Å². The van der Waals surface area contributed by atoms with Crippen molar-refractivity contribution in [3.05, 3.63) is 62.0 Å². The number of esters is 1. The van der Waals surface area contributed by atoms with Crippen LogP contribution in [0.4, 0.5) is 0 Å². The summed E-state index contributed by atoms with van der Waals surface area (Å²) in [6, 6.07) is 7.66. The van der Waals surface area contributed by atoms with E-state index in [9.17, 15) is 9.59 Å². The van der Waals surface area contributed by atoms with Crippen molar-refractivity contribution in [1.29, 1.82) is 0 Å². The first-order chi connectivity index (χ1) is 9.52. The van der Waals surface area contributed by atoms with Gasteiger partial charge in [0.15, 0.2) is 5.69 Å². The molecule has 0 radical (unpaired) electrons. The van der Waals surface area contributed by atoms with Gasteiger partial charge in [-0.3, -0.25) is 4.79 Å². The standard InChI is InChI=1S/C13H10Cl2N2O3/c1-20-13(19)10-5-6-11(18)17(16-10)7-8-3-2-4-9(14)12(8)15/h2-6H,7H2,1H3. The highest BCUT2D eigenvalue weighted by molar-refractivity contribution is 6.42. The van der Waals surface area contributed by atoms with Crippen LogP contribution in [0.15, 0.2) is 35.1 Å². The summed E-state index contributed by atoms with van der Waals surface area (Å²) in [5.74, 6) is -0.615. The van der Waals surface area contributed by atoms with Crippen molar-refractivity contribution < 1.29 is 9.53 Å². The van der Waals surface area contributed by atoms with Crippen LogP contribution in [0.3, 0.4) is 0 Å². The van der Waals surface area contributed by atoms with E-state index in [1.165, 1.54) is 19.2 Å². The highest BCUT2D eigenvalue weighted by Crippen LogP contribution is 2.25. The number of rotatable bonds is 3. The highest BCUT2D eigenvalue weighted by atomic mass is 35.5. The Kier molecular flexibility index (Phi) is 4.42. The van der Waals surface area contributed by atoms with E-state index in [0.717, 1.165) is 4.68 Å². The number of aromatic nitrogens is 2. The van der Waals surface area contributed by atoms with E-state index in [0.29, 0.717) is 15.6 Å². The van der Waals surface area contributed by atoms with Crippen LogP contribution in [0.2, 0.25) is 10.0 Å². The van der Waals surface area contributed by atoms with Crippen molar-refractivity contribution in [1.82, 2.24) is 9.78 Å². The Hall–Kier alpha value is -1.85. The Labute approximate surface area is 124 Å². The van der Waals surface area contributed by atoms with Crippen LogP contribution in [0.25, 0.3) is 0 Å². The quantitative estimate of drug-likeness (QED) is 0.816. The van der Waals surface area contributed by atoms with Crippen LogP contribution in [-0.2, 0) is 11.3 Å². The van der Waals surface area contributed by atoms with Gasteiger partial charge in [-0.15, -0.1) is 0 Å². The second-order valence-corrected chi connectivity index (χ2v) is 4.70. The van der Waals surface area contributed by atoms with Gasteiger partial charge < -0.3 is 4.74 Å². The average molecular weight is 313 g/mol. The molecule has 104 valence electrons. The fourth-order valence-electron chi connectivity index (χ4n) is 1.61. The molecule has 1 heterocycles. The Bertz CT molecular complexity index is 713. The predicted octanol–water partition coefficient (Wildman–Crippen LogP) is 2.39. The third-order valence-electron chi connectivity index (χ3n) is 2.61. The highest BCUT2D eigenvalue weighted by Gasteiger charge is 2.11. The topological polar surface area (TPSA) is 61.2 Å². The summed E-state index contributed by atoms with van der Waals surface area (Å²) < 4.78 is 5.69. The lowest BCUT2D eigenvalue weighted by Gasteiger charge is -2.08. The first-order valence-corrected chi connectivity index (χ1v) is 6.38. The summed E-state index contributed by atoms with van der Waals surface area (Å²) in [7, 11) is 1.24. The van der Waals surface area contributed by atoms with Crippen LogP contribution >= 0.6 is 23.2 Å². The SMILES string of the molecule is COC(=O)c1ccc(=O)n(Cc2cccc(Cl)c2Cl)n1. The van der Waals surface area contributed by atoms with Gasteiger partial charge in [-0.1, -0.05) is 35.3 Å². The van der Waals surface area contributed by atoms with Crippen LogP contribution in [0.1, 0.15) is 16.1 Å². The maximum atomic E-state index is 11.8. The van der Waals surface area contributed by atoms with E-state index in [1.54, 1.807) is 18.2 Å². The Morgan fingerprint density at radius 3 is 2.75 bits per heavy atom. The lowest BCUT2D eigenvalue weighted by Crippen LogP contribution is -2.25. The lowest BCUT2D eigenvalue weighted by molar-refractivity contribution is 0.0591. The number of benzene rings is 1. The second kappa shape index (κ2) is 6.07. The maximum absolute atomic E-state index is 11.8. The molecule has 0 saturated heterocycles. The molecule has 0 N–H and O–H groups in total. The summed E-state index contributed by atoms with van der Waals surface area (Å²) in [6.07, 6.45) is 0. The van der Waals surface area contributed by atoms with Crippen LogP contribution in [0.5, 0.6) is 0 Å². The van der Waals surface area contributed by atoms with Crippen molar-refractivity contribution in [2.24, 2.45) is 0 Å². The number of hydrogen-bond acceptors (Lipinski definition) is 4. The molecule has 0 unspecified atom stereocenters. The summed E-state index contributed by atoms with van der Waals surface area (Å²) in [5.41, 5.74) is 0.328. The molecule has 0 aliphatic rings.